The van der Waals surface area contributed by atoms with Crippen molar-refractivity contribution in [3.8, 4) is 0 Å². The van der Waals surface area contributed by atoms with E-state index in [2.05, 4.69) is 23.3 Å². The van der Waals surface area contributed by atoms with Crippen LogP contribution in [0.4, 0.5) is 0 Å². The van der Waals surface area contributed by atoms with Gasteiger partial charge in [-0.05, 0) is 0 Å². The van der Waals surface area contributed by atoms with Crippen LogP contribution in [0.5, 0.6) is 0 Å². The summed E-state index contributed by atoms with van der Waals surface area (Å²) in [6.07, 6.45) is 0. The van der Waals surface area contributed by atoms with Gasteiger partial charge < -0.3 is 23.3 Å². The van der Waals surface area contributed by atoms with E-state index in [1.54, 1.807) is 0 Å². The van der Waals surface area contributed by atoms with E-state index >= 15 is 0 Å². The molecule has 0 unspecified atom stereocenters. The fraction of sp³-hybridized carbons (Fsp3) is 0. The van der Waals surface area contributed by atoms with Crippen LogP contribution < -0.4 is 0 Å². The van der Waals surface area contributed by atoms with Gasteiger partial charge in [0.25, 0.3) is 0 Å². The first kappa shape index (κ1) is 35.7. The van der Waals surface area contributed by atoms with Crippen LogP contribution in [0, 0.1) is 0 Å². The first-order valence-electron chi connectivity index (χ1n) is 0.167. The first-order chi connectivity index (χ1) is 1.00. The molecule has 0 spiro atoms. The van der Waals surface area contributed by atoms with Crippen molar-refractivity contribution in [2.45, 2.75) is 0 Å². The molecule has 0 rings (SSSR count). The van der Waals surface area contributed by atoms with Gasteiger partial charge in [-0.2, -0.15) is 0 Å². The van der Waals surface area contributed by atoms with E-state index in [9.17, 15) is 0 Å². The van der Waals surface area contributed by atoms with Gasteiger partial charge in [-0.15, -0.1) is 0 Å². The molecule has 0 aliphatic heterocycles. The Morgan fingerprint density at radius 2 is 0.667 bits per heavy atom. The van der Waals surface area contributed by atoms with Gasteiger partial charge >= 0.3 is 0 Å². The monoisotopic (exact) mass is 376 g/mol. The van der Waals surface area contributed by atoms with Crippen molar-refractivity contribution < 1.29 is 75.1 Å². The molecule has 0 heterocycles. The zero-order chi connectivity index (χ0) is 2.00. The zero-order valence-corrected chi connectivity index (χ0v) is 9.89. The second-order valence-electron chi connectivity index (χ2n) is 0. The summed E-state index contributed by atoms with van der Waals surface area (Å²) >= 11 is 7.33. The molecule has 0 bridgehead atoms. The minimum atomic E-state index is 0. The molecule has 0 aromatic carbocycles. The van der Waals surface area contributed by atoms with Gasteiger partial charge in [-0.3, -0.25) is 0 Å². The van der Waals surface area contributed by atoms with E-state index < -0.39 is 0 Å². The topological polar surface area (TPSA) is 0 Å². The van der Waals surface area contributed by atoms with Crippen molar-refractivity contribution >= 4 is 23.3 Å². The molecule has 0 fully saturated rings. The second-order valence-corrected chi connectivity index (χ2v) is 0. The summed E-state index contributed by atoms with van der Waals surface area (Å²) in [4.78, 5) is 0. The largest absolute Gasteiger partial charge is 1.00 e. The van der Waals surface area contributed by atoms with Gasteiger partial charge in [-0.25, -0.2) is 0 Å². The standard InChI is InChI=1S/2Mo.2Ni.S2/c;;;;1-2/q;;;;-2. The molecular weight excluding hydrogens is 373 g/mol. The van der Waals surface area contributed by atoms with Crippen LogP contribution in [0.15, 0.2) is 0 Å². The third-order valence-corrected chi connectivity index (χ3v) is 0. The van der Waals surface area contributed by atoms with Crippen molar-refractivity contribution in [2.24, 2.45) is 0 Å². The molecule has 0 saturated heterocycles. The summed E-state index contributed by atoms with van der Waals surface area (Å²) in [7, 11) is 0. The maximum atomic E-state index is 3.67. The van der Waals surface area contributed by atoms with Crippen molar-refractivity contribution in [3.63, 3.8) is 0 Å². The minimum absolute atomic E-state index is 0. The summed E-state index contributed by atoms with van der Waals surface area (Å²) < 4.78 is 0. The van der Waals surface area contributed by atoms with Crippen LogP contribution in [-0.4, -0.2) is 0 Å². The third kappa shape index (κ3) is 27.7. The summed E-state index contributed by atoms with van der Waals surface area (Å²) in [6, 6.07) is 0. The van der Waals surface area contributed by atoms with Crippen molar-refractivity contribution in [1.82, 2.24) is 0 Å². The number of hydrogen-bond donors (Lipinski definition) is 0. The van der Waals surface area contributed by atoms with Crippen LogP contribution >= 0.6 is 0 Å². The Hall–Kier alpha value is 3.06. The first-order valence-corrected chi connectivity index (χ1v) is 1.50. The van der Waals surface area contributed by atoms with E-state index in [0.717, 1.165) is 0 Å². The summed E-state index contributed by atoms with van der Waals surface area (Å²) in [5, 5.41) is 0. The molecule has 6 heavy (non-hydrogen) atoms. The van der Waals surface area contributed by atoms with E-state index in [-0.39, 0.29) is 75.1 Å². The number of rotatable bonds is 0. The van der Waals surface area contributed by atoms with E-state index in [1.807, 2.05) is 0 Å². The van der Waals surface area contributed by atoms with Gasteiger partial charge in [0.2, 0.25) is 0 Å². The van der Waals surface area contributed by atoms with Gasteiger partial charge in [0.1, 0.15) is 0 Å². The number of hydrogen-bond acceptors (Lipinski definition) is 2. The Morgan fingerprint density at radius 3 is 0.667 bits per heavy atom. The molecule has 0 aliphatic carbocycles. The fourth-order valence-electron chi connectivity index (χ4n) is 0. The molecule has 0 nitrogen and oxygen atoms in total. The molecule has 0 aliphatic rings. The van der Waals surface area contributed by atoms with Crippen LogP contribution in [-0.2, 0) is 98.4 Å². The van der Waals surface area contributed by atoms with E-state index in [1.165, 1.54) is 0 Å². The zero-order valence-electron chi connectivity index (χ0n) is 2.27. The maximum absolute atomic E-state index is 3.67. The molecule has 0 radical (unpaired) electrons. The smallest absolute Gasteiger partial charge is 0 e. The molecule has 0 aromatic rings. The molecule has 0 N–H and O–H groups in total. The molecule has 0 atom stereocenters. The van der Waals surface area contributed by atoms with Crippen LogP contribution in [0.25, 0.3) is 0 Å². The predicted molar refractivity (Wildman–Crippen MR) is 14.7 cm³/mol. The average Bonchev–Trinajstić information content (AvgIpc) is 1.00. The molecule has 0 aromatic heterocycles. The Labute approximate surface area is 97.0 Å². The van der Waals surface area contributed by atoms with Gasteiger partial charge in [-0.1, -0.05) is 0 Å². The third-order valence-electron chi connectivity index (χ3n) is 0. The Balaban J connectivity index is -0.000000000833. The van der Waals surface area contributed by atoms with Gasteiger partial charge in [0, 0.05) is 75.1 Å². The molecule has 6 heteroatoms. The average molecular weight is 373 g/mol. The quantitative estimate of drug-likeness (QED) is 0.333. The molecule has 0 saturated carbocycles. The SMILES string of the molecule is [Mo].[Mo].[Ni].[Ni].[S-][S-]. The summed E-state index contributed by atoms with van der Waals surface area (Å²) in [5.41, 5.74) is 0. The predicted octanol–water partition coefficient (Wildman–Crippen LogP) is -0.0148. The Morgan fingerprint density at radius 1 is 0.667 bits per heavy atom. The van der Waals surface area contributed by atoms with E-state index in [0.29, 0.717) is 0 Å². The summed E-state index contributed by atoms with van der Waals surface area (Å²) in [5.74, 6) is 0. The van der Waals surface area contributed by atoms with Crippen LogP contribution in [0.1, 0.15) is 0 Å². The molecule has 0 amide bonds. The molecule has 46 valence electrons. The fourth-order valence-corrected chi connectivity index (χ4v) is 0. The minimum Gasteiger partial charge on any atom is -1.00 e. The van der Waals surface area contributed by atoms with Crippen molar-refractivity contribution in [2.75, 3.05) is 0 Å². The summed E-state index contributed by atoms with van der Waals surface area (Å²) in [6.45, 7) is 0. The van der Waals surface area contributed by atoms with E-state index in [4.69, 9.17) is 0 Å². The Kier molecular flexibility index (Phi) is 255. The Bertz CT molecular complexity index is 9.51. The normalized spacial score (nSPS) is 1.00. The van der Waals surface area contributed by atoms with Crippen molar-refractivity contribution in [3.05, 3.63) is 0 Å². The van der Waals surface area contributed by atoms with Crippen LogP contribution in [0.2, 0.25) is 0 Å². The second kappa shape index (κ2) is 42.9. The molecular formula is Mo2Ni2S2-2. The maximum Gasteiger partial charge on any atom is 0 e. The van der Waals surface area contributed by atoms with Gasteiger partial charge in [0.15, 0.2) is 0 Å². The van der Waals surface area contributed by atoms with Crippen molar-refractivity contribution in [1.29, 1.82) is 0 Å². The van der Waals surface area contributed by atoms with Crippen LogP contribution in [0.3, 0.4) is 0 Å². The van der Waals surface area contributed by atoms with Gasteiger partial charge in [0.05, 0.1) is 0 Å².